The van der Waals surface area contributed by atoms with Crippen molar-refractivity contribution in [1.29, 1.82) is 0 Å². The molecule has 0 atom stereocenters. The van der Waals surface area contributed by atoms with Crippen molar-refractivity contribution in [2.45, 2.75) is 26.3 Å². The van der Waals surface area contributed by atoms with Crippen molar-refractivity contribution < 1.29 is 0 Å². The van der Waals surface area contributed by atoms with Gasteiger partial charge in [-0.25, -0.2) is 4.98 Å². The molecule has 0 aliphatic rings. The van der Waals surface area contributed by atoms with Gasteiger partial charge >= 0.3 is 0 Å². The molecule has 4 rings (SSSR count). The molecule has 2 aromatic heterocycles. The Bertz CT molecular complexity index is 1180. The Morgan fingerprint density at radius 2 is 1.59 bits per heavy atom. The highest BCUT2D eigenvalue weighted by atomic mass is 35.5. The minimum absolute atomic E-state index is 0.0785. The lowest BCUT2D eigenvalue weighted by atomic mass is 9.95. The standard InChI is InChI=1S/C24H21Cl2N3/c1-24(2,3)29-17-12-16(13-27-14-17)20-19-11-7-10-18(15-8-5-4-6-9-15)21(19)23(26)28-22(20)25/h4-14,29H,1-3H3. The molecule has 29 heavy (non-hydrogen) atoms. The van der Waals surface area contributed by atoms with E-state index in [1.807, 2.05) is 42.6 Å². The lowest BCUT2D eigenvalue weighted by molar-refractivity contribution is 0.633. The molecule has 0 aliphatic heterocycles. The third-order valence-electron chi connectivity index (χ3n) is 4.57. The summed E-state index contributed by atoms with van der Waals surface area (Å²) in [6.45, 7) is 6.33. The van der Waals surface area contributed by atoms with Gasteiger partial charge < -0.3 is 5.32 Å². The molecular formula is C24H21Cl2N3. The first-order valence-electron chi connectivity index (χ1n) is 9.40. The van der Waals surface area contributed by atoms with E-state index in [0.717, 1.165) is 38.7 Å². The maximum Gasteiger partial charge on any atom is 0.139 e. The molecule has 1 N–H and O–H groups in total. The molecule has 5 heteroatoms. The van der Waals surface area contributed by atoms with Crippen molar-refractivity contribution in [2.24, 2.45) is 0 Å². The molecule has 3 nitrogen and oxygen atoms in total. The fourth-order valence-corrected chi connectivity index (χ4v) is 4.13. The second-order valence-electron chi connectivity index (χ2n) is 8.00. The van der Waals surface area contributed by atoms with Gasteiger partial charge in [-0.2, -0.15) is 0 Å². The molecule has 0 unspecified atom stereocenters. The summed E-state index contributed by atoms with van der Waals surface area (Å²) in [4.78, 5) is 8.87. The van der Waals surface area contributed by atoms with E-state index in [2.05, 4.69) is 54.3 Å². The van der Waals surface area contributed by atoms with Crippen LogP contribution in [0.15, 0.2) is 67.0 Å². The number of benzene rings is 2. The van der Waals surface area contributed by atoms with E-state index >= 15 is 0 Å². The molecule has 146 valence electrons. The molecule has 0 saturated heterocycles. The quantitative estimate of drug-likeness (QED) is 0.348. The number of pyridine rings is 2. The van der Waals surface area contributed by atoms with Gasteiger partial charge in [0.25, 0.3) is 0 Å². The van der Waals surface area contributed by atoms with Crippen LogP contribution in [-0.2, 0) is 0 Å². The van der Waals surface area contributed by atoms with Crippen LogP contribution in [0, 0.1) is 0 Å². The molecule has 2 heterocycles. The molecule has 0 saturated carbocycles. The number of halogens is 2. The van der Waals surface area contributed by atoms with Crippen LogP contribution < -0.4 is 5.32 Å². The topological polar surface area (TPSA) is 37.8 Å². The van der Waals surface area contributed by atoms with Crippen LogP contribution in [0.2, 0.25) is 10.3 Å². The minimum atomic E-state index is -0.0785. The molecule has 0 spiro atoms. The maximum atomic E-state index is 6.58. The van der Waals surface area contributed by atoms with Crippen molar-refractivity contribution in [3.8, 4) is 22.3 Å². The number of fused-ring (bicyclic) bond motifs is 1. The normalized spacial score (nSPS) is 11.6. The molecule has 0 fully saturated rings. The van der Waals surface area contributed by atoms with E-state index in [4.69, 9.17) is 23.2 Å². The van der Waals surface area contributed by atoms with Crippen LogP contribution in [0.25, 0.3) is 33.0 Å². The van der Waals surface area contributed by atoms with E-state index in [1.54, 1.807) is 6.20 Å². The molecule has 2 aromatic carbocycles. The van der Waals surface area contributed by atoms with Crippen LogP contribution in [0.4, 0.5) is 5.69 Å². The van der Waals surface area contributed by atoms with Crippen LogP contribution in [0.5, 0.6) is 0 Å². The van der Waals surface area contributed by atoms with Gasteiger partial charge in [-0.3, -0.25) is 4.98 Å². The van der Waals surface area contributed by atoms with Gasteiger partial charge in [0.15, 0.2) is 0 Å². The van der Waals surface area contributed by atoms with E-state index in [0.29, 0.717) is 10.3 Å². The molecule has 4 aromatic rings. The van der Waals surface area contributed by atoms with Crippen LogP contribution >= 0.6 is 23.2 Å². The number of hydrogen-bond donors (Lipinski definition) is 1. The summed E-state index contributed by atoms with van der Waals surface area (Å²) in [6.07, 6.45) is 3.61. The van der Waals surface area contributed by atoms with Gasteiger partial charge in [0.05, 0.1) is 5.69 Å². The predicted octanol–water partition coefficient (Wildman–Crippen LogP) is 7.48. The van der Waals surface area contributed by atoms with Gasteiger partial charge in [0, 0.05) is 34.4 Å². The third kappa shape index (κ3) is 4.07. The second kappa shape index (κ2) is 7.66. The SMILES string of the molecule is CC(C)(C)Nc1cncc(-c2c(Cl)nc(Cl)c3c(-c4ccccc4)cccc23)c1. The molecular weight excluding hydrogens is 401 g/mol. The Balaban J connectivity index is 1.96. The van der Waals surface area contributed by atoms with Crippen molar-refractivity contribution in [2.75, 3.05) is 5.32 Å². The summed E-state index contributed by atoms with van der Waals surface area (Å²) in [5.41, 5.74) is 4.67. The summed E-state index contributed by atoms with van der Waals surface area (Å²) >= 11 is 13.2. The second-order valence-corrected chi connectivity index (χ2v) is 8.72. The monoisotopic (exact) mass is 421 g/mol. The van der Waals surface area contributed by atoms with Crippen LogP contribution in [0.3, 0.4) is 0 Å². The lowest BCUT2D eigenvalue weighted by Crippen LogP contribution is -2.26. The first-order valence-corrected chi connectivity index (χ1v) is 10.2. The Morgan fingerprint density at radius 3 is 2.31 bits per heavy atom. The molecule has 0 amide bonds. The van der Waals surface area contributed by atoms with Gasteiger partial charge in [0.2, 0.25) is 0 Å². The van der Waals surface area contributed by atoms with E-state index < -0.39 is 0 Å². The molecule has 0 bridgehead atoms. The largest absolute Gasteiger partial charge is 0.379 e. The first kappa shape index (κ1) is 19.7. The fraction of sp³-hybridized carbons (Fsp3) is 0.167. The zero-order chi connectivity index (χ0) is 20.6. The Morgan fingerprint density at radius 1 is 0.828 bits per heavy atom. The first-order chi connectivity index (χ1) is 13.8. The number of aromatic nitrogens is 2. The van der Waals surface area contributed by atoms with Crippen LogP contribution in [0.1, 0.15) is 20.8 Å². The van der Waals surface area contributed by atoms with Crippen LogP contribution in [-0.4, -0.2) is 15.5 Å². The van der Waals surface area contributed by atoms with Gasteiger partial charge in [0.1, 0.15) is 10.3 Å². The lowest BCUT2D eigenvalue weighted by Gasteiger charge is -2.22. The highest BCUT2D eigenvalue weighted by Crippen LogP contribution is 2.41. The fourth-order valence-electron chi connectivity index (χ4n) is 3.50. The Hall–Kier alpha value is -2.62. The molecule has 0 aliphatic carbocycles. The highest BCUT2D eigenvalue weighted by molar-refractivity contribution is 6.39. The van der Waals surface area contributed by atoms with Crippen molar-refractivity contribution in [1.82, 2.24) is 9.97 Å². The predicted molar refractivity (Wildman–Crippen MR) is 124 cm³/mol. The number of anilines is 1. The summed E-state index contributed by atoms with van der Waals surface area (Å²) < 4.78 is 0. The van der Waals surface area contributed by atoms with Gasteiger partial charge in [-0.15, -0.1) is 0 Å². The van der Waals surface area contributed by atoms with Crippen molar-refractivity contribution in [3.05, 3.63) is 77.3 Å². The van der Waals surface area contributed by atoms with Gasteiger partial charge in [-0.05, 0) is 43.4 Å². The minimum Gasteiger partial charge on any atom is -0.379 e. The Kier molecular flexibility index (Phi) is 5.20. The number of hydrogen-bond acceptors (Lipinski definition) is 3. The summed E-state index contributed by atoms with van der Waals surface area (Å²) in [5.74, 6) is 0. The average molecular weight is 422 g/mol. The summed E-state index contributed by atoms with van der Waals surface area (Å²) in [7, 11) is 0. The van der Waals surface area contributed by atoms with E-state index in [9.17, 15) is 0 Å². The van der Waals surface area contributed by atoms with E-state index in [1.165, 1.54) is 0 Å². The average Bonchev–Trinajstić information content (AvgIpc) is 2.67. The Labute approximate surface area is 180 Å². The van der Waals surface area contributed by atoms with Crippen molar-refractivity contribution in [3.63, 3.8) is 0 Å². The van der Waals surface area contributed by atoms with Gasteiger partial charge in [-0.1, -0.05) is 71.7 Å². The summed E-state index contributed by atoms with van der Waals surface area (Å²) in [5, 5.41) is 6.05. The number of rotatable bonds is 3. The number of nitrogens with zero attached hydrogens (tertiary/aromatic N) is 2. The highest BCUT2D eigenvalue weighted by Gasteiger charge is 2.18. The summed E-state index contributed by atoms with van der Waals surface area (Å²) in [6, 6.07) is 18.3. The number of nitrogens with one attached hydrogen (secondary N) is 1. The van der Waals surface area contributed by atoms with E-state index in [-0.39, 0.29) is 5.54 Å². The zero-order valence-corrected chi connectivity index (χ0v) is 18.0. The maximum absolute atomic E-state index is 6.58. The van der Waals surface area contributed by atoms with Crippen molar-refractivity contribution >= 4 is 39.7 Å². The zero-order valence-electron chi connectivity index (χ0n) is 16.5. The molecule has 0 radical (unpaired) electrons. The third-order valence-corrected chi connectivity index (χ3v) is 5.12. The smallest absolute Gasteiger partial charge is 0.139 e.